The number of likely N-dealkylation sites (N-methyl/N-ethyl adjacent to an activating group) is 1. The summed E-state index contributed by atoms with van der Waals surface area (Å²) in [6.45, 7) is 6.28. The van der Waals surface area contributed by atoms with Crippen LogP contribution in [-0.2, 0) is 4.79 Å². The van der Waals surface area contributed by atoms with Gasteiger partial charge in [-0.25, -0.2) is 0 Å². The minimum absolute atomic E-state index is 0.327. The van der Waals surface area contributed by atoms with Gasteiger partial charge in [-0.3, -0.25) is 9.69 Å². The van der Waals surface area contributed by atoms with Crippen LogP contribution < -0.4 is 5.32 Å². The van der Waals surface area contributed by atoms with Crippen molar-refractivity contribution in [1.29, 1.82) is 0 Å². The first-order valence-corrected chi connectivity index (χ1v) is 8.85. The Bertz CT molecular complexity index is 351. The zero-order valence-corrected chi connectivity index (χ0v) is 13.7. The number of nitrogens with zero attached hydrogens (tertiary/aromatic N) is 2. The van der Waals surface area contributed by atoms with Gasteiger partial charge in [0.2, 0.25) is 5.91 Å². The van der Waals surface area contributed by atoms with Crippen LogP contribution in [0.25, 0.3) is 0 Å². The molecule has 3 fully saturated rings. The van der Waals surface area contributed by atoms with Crippen LogP contribution in [0.2, 0.25) is 0 Å². The summed E-state index contributed by atoms with van der Waals surface area (Å²) in [5.41, 5.74) is 0. The Morgan fingerprint density at radius 1 is 1.19 bits per heavy atom. The van der Waals surface area contributed by atoms with E-state index in [9.17, 15) is 4.79 Å². The zero-order chi connectivity index (χ0) is 14.8. The molecule has 120 valence electrons. The molecule has 0 aromatic heterocycles. The van der Waals surface area contributed by atoms with Gasteiger partial charge < -0.3 is 10.2 Å². The van der Waals surface area contributed by atoms with Gasteiger partial charge in [0.25, 0.3) is 0 Å². The highest BCUT2D eigenvalue weighted by Crippen LogP contribution is 2.27. The maximum Gasteiger partial charge on any atom is 0.236 e. The number of piperidine rings is 1. The summed E-state index contributed by atoms with van der Waals surface area (Å²) < 4.78 is 0. The highest BCUT2D eigenvalue weighted by molar-refractivity contribution is 5.78. The molecule has 0 radical (unpaired) electrons. The van der Waals surface area contributed by atoms with Crippen LogP contribution in [0.5, 0.6) is 0 Å². The van der Waals surface area contributed by atoms with E-state index in [1.165, 1.54) is 38.5 Å². The SMILES string of the molecule is CC1CCC(N(C)C(=O)CN2C[C@@H]3CCCN[C@@H]3C2)CC1. The number of hydrogen-bond acceptors (Lipinski definition) is 3. The second kappa shape index (κ2) is 6.66. The molecule has 0 spiro atoms. The Balaban J connectivity index is 1.47. The van der Waals surface area contributed by atoms with Gasteiger partial charge in [0, 0.05) is 32.2 Å². The Hall–Kier alpha value is -0.610. The van der Waals surface area contributed by atoms with Gasteiger partial charge in [-0.05, 0) is 56.9 Å². The molecule has 3 aliphatic rings. The van der Waals surface area contributed by atoms with Crippen molar-refractivity contribution in [1.82, 2.24) is 15.1 Å². The molecule has 1 saturated carbocycles. The third kappa shape index (κ3) is 3.59. The van der Waals surface area contributed by atoms with Crippen LogP contribution in [0.3, 0.4) is 0 Å². The first-order valence-electron chi connectivity index (χ1n) is 8.85. The van der Waals surface area contributed by atoms with E-state index in [4.69, 9.17) is 0 Å². The van der Waals surface area contributed by atoms with E-state index < -0.39 is 0 Å². The van der Waals surface area contributed by atoms with Crippen LogP contribution in [0.15, 0.2) is 0 Å². The molecule has 0 unspecified atom stereocenters. The molecule has 1 aliphatic carbocycles. The van der Waals surface area contributed by atoms with Gasteiger partial charge in [0.1, 0.15) is 0 Å². The van der Waals surface area contributed by atoms with E-state index in [0.29, 0.717) is 24.5 Å². The first kappa shape index (κ1) is 15.3. The summed E-state index contributed by atoms with van der Waals surface area (Å²) >= 11 is 0. The summed E-state index contributed by atoms with van der Waals surface area (Å²) in [7, 11) is 2.02. The van der Waals surface area contributed by atoms with Crippen LogP contribution in [0.4, 0.5) is 0 Å². The number of fused-ring (bicyclic) bond motifs is 1. The summed E-state index contributed by atoms with van der Waals surface area (Å²) in [6, 6.07) is 1.11. The first-order chi connectivity index (χ1) is 10.1. The average molecular weight is 293 g/mol. The number of nitrogens with one attached hydrogen (secondary N) is 1. The third-order valence-electron chi connectivity index (χ3n) is 5.96. The molecule has 1 amide bonds. The van der Waals surface area contributed by atoms with E-state index in [0.717, 1.165) is 31.5 Å². The molecule has 2 atom stereocenters. The van der Waals surface area contributed by atoms with E-state index >= 15 is 0 Å². The third-order valence-corrected chi connectivity index (χ3v) is 5.96. The fraction of sp³-hybridized carbons (Fsp3) is 0.941. The Kier molecular flexibility index (Phi) is 4.85. The number of amides is 1. The number of hydrogen-bond donors (Lipinski definition) is 1. The van der Waals surface area contributed by atoms with E-state index in [-0.39, 0.29) is 0 Å². The summed E-state index contributed by atoms with van der Waals surface area (Å²) in [6.07, 6.45) is 7.56. The van der Waals surface area contributed by atoms with Gasteiger partial charge in [-0.15, -0.1) is 0 Å². The van der Waals surface area contributed by atoms with E-state index in [1.54, 1.807) is 0 Å². The number of carbonyl (C=O) groups is 1. The van der Waals surface area contributed by atoms with Gasteiger partial charge in [0.15, 0.2) is 0 Å². The van der Waals surface area contributed by atoms with Gasteiger partial charge in [-0.1, -0.05) is 6.92 Å². The number of carbonyl (C=O) groups excluding carboxylic acids is 1. The van der Waals surface area contributed by atoms with Crippen LogP contribution in [0.1, 0.15) is 45.4 Å². The topological polar surface area (TPSA) is 35.6 Å². The quantitative estimate of drug-likeness (QED) is 0.860. The zero-order valence-electron chi connectivity index (χ0n) is 13.7. The molecule has 0 bridgehead atoms. The molecule has 3 rings (SSSR count). The molecule has 2 aliphatic heterocycles. The highest BCUT2D eigenvalue weighted by Gasteiger charge is 2.35. The fourth-order valence-corrected chi connectivity index (χ4v) is 4.40. The number of likely N-dealkylation sites (tertiary alicyclic amines) is 1. The molecular weight excluding hydrogens is 262 g/mol. The molecule has 2 heterocycles. The van der Waals surface area contributed by atoms with Gasteiger partial charge in [-0.2, -0.15) is 0 Å². The summed E-state index contributed by atoms with van der Waals surface area (Å²) in [4.78, 5) is 17.0. The minimum Gasteiger partial charge on any atom is -0.342 e. The van der Waals surface area contributed by atoms with Crippen molar-refractivity contribution >= 4 is 5.91 Å². The Morgan fingerprint density at radius 3 is 2.67 bits per heavy atom. The second-order valence-electron chi connectivity index (χ2n) is 7.58. The molecule has 21 heavy (non-hydrogen) atoms. The molecule has 4 nitrogen and oxygen atoms in total. The van der Waals surface area contributed by atoms with Gasteiger partial charge >= 0.3 is 0 Å². The summed E-state index contributed by atoms with van der Waals surface area (Å²) in [5.74, 6) is 1.94. The molecule has 4 heteroatoms. The van der Waals surface area contributed by atoms with E-state index in [2.05, 4.69) is 17.1 Å². The maximum absolute atomic E-state index is 12.5. The predicted molar refractivity (Wildman–Crippen MR) is 85.1 cm³/mol. The fourth-order valence-electron chi connectivity index (χ4n) is 4.40. The van der Waals surface area contributed by atoms with Crippen molar-refractivity contribution in [3.05, 3.63) is 0 Å². The molecule has 0 aromatic carbocycles. The van der Waals surface area contributed by atoms with Gasteiger partial charge in [0.05, 0.1) is 6.54 Å². The van der Waals surface area contributed by atoms with Crippen LogP contribution in [0, 0.1) is 11.8 Å². The number of rotatable bonds is 3. The lowest BCUT2D eigenvalue weighted by Gasteiger charge is -2.34. The normalized spacial score (nSPS) is 37.2. The lowest BCUT2D eigenvalue weighted by molar-refractivity contribution is -0.133. The van der Waals surface area contributed by atoms with Crippen LogP contribution in [-0.4, -0.2) is 61.0 Å². The van der Waals surface area contributed by atoms with Crippen molar-refractivity contribution < 1.29 is 4.79 Å². The van der Waals surface area contributed by atoms with E-state index in [1.807, 2.05) is 11.9 Å². The second-order valence-corrected chi connectivity index (χ2v) is 7.58. The lowest BCUT2D eigenvalue weighted by Crippen LogP contribution is -2.45. The largest absolute Gasteiger partial charge is 0.342 e. The summed E-state index contributed by atoms with van der Waals surface area (Å²) in [5, 5.41) is 3.62. The molecular formula is C17H31N3O. The average Bonchev–Trinajstić information content (AvgIpc) is 2.89. The molecule has 1 N–H and O–H groups in total. The van der Waals surface area contributed by atoms with Crippen LogP contribution >= 0.6 is 0 Å². The lowest BCUT2D eigenvalue weighted by atomic mass is 9.87. The monoisotopic (exact) mass is 293 g/mol. The van der Waals surface area contributed by atoms with Crippen molar-refractivity contribution in [2.24, 2.45) is 11.8 Å². The van der Waals surface area contributed by atoms with Crippen molar-refractivity contribution in [3.63, 3.8) is 0 Å². The van der Waals surface area contributed by atoms with Crippen molar-refractivity contribution in [2.45, 2.75) is 57.5 Å². The maximum atomic E-state index is 12.5. The standard InChI is InChI=1S/C17H31N3O/c1-13-5-7-15(8-6-13)19(2)17(21)12-20-10-14-4-3-9-18-16(14)11-20/h13-16,18H,3-12H2,1-2H3/t13?,14-,15?,16+/m0/s1. The Morgan fingerprint density at radius 2 is 1.95 bits per heavy atom. The Labute approximate surface area is 129 Å². The molecule has 2 saturated heterocycles. The van der Waals surface area contributed by atoms with Crippen molar-refractivity contribution in [3.8, 4) is 0 Å². The minimum atomic E-state index is 0.327. The predicted octanol–water partition coefficient (Wildman–Crippen LogP) is 1.71. The van der Waals surface area contributed by atoms with Crippen molar-refractivity contribution in [2.75, 3.05) is 33.2 Å². The molecule has 0 aromatic rings. The highest BCUT2D eigenvalue weighted by atomic mass is 16.2. The smallest absolute Gasteiger partial charge is 0.236 e.